The highest BCUT2D eigenvalue weighted by Gasteiger charge is 2.18. The minimum atomic E-state index is -1.02. The molecule has 16 heavy (non-hydrogen) atoms. The lowest BCUT2D eigenvalue weighted by molar-refractivity contribution is 0.0698. The van der Waals surface area contributed by atoms with Crippen molar-refractivity contribution in [2.45, 2.75) is 0 Å². The van der Waals surface area contributed by atoms with Gasteiger partial charge in [-0.05, 0) is 11.4 Å². The summed E-state index contributed by atoms with van der Waals surface area (Å²) < 4.78 is 1.56. The second-order valence-corrected chi connectivity index (χ2v) is 4.09. The number of carboxylic acid groups (broad SMARTS) is 1. The number of rotatable bonds is 3. The Morgan fingerprint density at radius 2 is 2.38 bits per heavy atom. The zero-order chi connectivity index (χ0) is 11.7. The first kappa shape index (κ1) is 10.6. The molecule has 0 fully saturated rings. The van der Waals surface area contributed by atoms with Crippen LogP contribution in [0.1, 0.15) is 20.8 Å². The molecule has 0 saturated heterocycles. The molecular weight excluding hydrogens is 228 g/mol. The van der Waals surface area contributed by atoms with E-state index >= 15 is 0 Å². The van der Waals surface area contributed by atoms with E-state index in [0.717, 1.165) is 0 Å². The molecule has 2 aromatic rings. The van der Waals surface area contributed by atoms with Crippen molar-refractivity contribution in [1.82, 2.24) is 9.55 Å². The fourth-order valence-electron chi connectivity index (χ4n) is 1.41. The molecular formula is C10H8N2O3S. The van der Waals surface area contributed by atoms with Crippen molar-refractivity contribution < 1.29 is 14.7 Å². The van der Waals surface area contributed by atoms with Crippen LogP contribution in [-0.2, 0) is 7.05 Å². The molecule has 0 amide bonds. The predicted molar refractivity (Wildman–Crippen MR) is 58.9 cm³/mol. The summed E-state index contributed by atoms with van der Waals surface area (Å²) in [5.74, 6) is -1.02. The quantitative estimate of drug-likeness (QED) is 0.822. The highest BCUT2D eigenvalue weighted by Crippen LogP contribution is 2.30. The molecule has 0 aromatic carbocycles. The number of nitrogens with zero attached hydrogens (tertiary/aromatic N) is 2. The molecule has 1 N–H and O–H groups in total. The van der Waals surface area contributed by atoms with Crippen LogP contribution in [0.3, 0.4) is 0 Å². The summed E-state index contributed by atoms with van der Waals surface area (Å²) in [6.07, 6.45) is 2.16. The maximum atomic E-state index is 10.9. The number of carbonyl (C=O) groups is 2. The van der Waals surface area contributed by atoms with E-state index in [9.17, 15) is 9.59 Å². The number of imidazole rings is 1. The van der Waals surface area contributed by atoms with Gasteiger partial charge in [0.05, 0.1) is 16.8 Å². The van der Waals surface area contributed by atoms with E-state index in [1.165, 1.54) is 23.7 Å². The van der Waals surface area contributed by atoms with E-state index in [1.54, 1.807) is 17.0 Å². The van der Waals surface area contributed by atoms with E-state index in [4.69, 9.17) is 5.11 Å². The number of thiophene rings is 1. The molecule has 82 valence electrons. The third-order valence-electron chi connectivity index (χ3n) is 2.20. The number of aromatic nitrogens is 2. The molecule has 0 aliphatic carbocycles. The summed E-state index contributed by atoms with van der Waals surface area (Å²) >= 11 is 1.26. The molecule has 0 aliphatic heterocycles. The van der Waals surface area contributed by atoms with Crippen molar-refractivity contribution in [3.8, 4) is 10.6 Å². The molecule has 6 heteroatoms. The van der Waals surface area contributed by atoms with Gasteiger partial charge in [-0.1, -0.05) is 0 Å². The molecule has 0 unspecified atom stereocenters. The van der Waals surface area contributed by atoms with Crippen LogP contribution >= 0.6 is 11.3 Å². The van der Waals surface area contributed by atoms with Gasteiger partial charge in [0.2, 0.25) is 0 Å². The van der Waals surface area contributed by atoms with Crippen molar-refractivity contribution in [1.29, 1.82) is 0 Å². The lowest BCUT2D eigenvalue weighted by atomic mass is 10.2. The molecule has 0 aliphatic rings. The average Bonchev–Trinajstić information content (AvgIpc) is 2.82. The van der Waals surface area contributed by atoms with Gasteiger partial charge >= 0.3 is 5.97 Å². The van der Waals surface area contributed by atoms with Crippen molar-refractivity contribution in [3.05, 3.63) is 29.0 Å². The highest BCUT2D eigenvalue weighted by atomic mass is 32.1. The summed E-state index contributed by atoms with van der Waals surface area (Å²) in [6.45, 7) is 0. The van der Waals surface area contributed by atoms with Gasteiger partial charge in [-0.3, -0.25) is 4.79 Å². The number of aldehydes is 1. The van der Waals surface area contributed by atoms with Crippen molar-refractivity contribution in [2.24, 2.45) is 7.05 Å². The van der Waals surface area contributed by atoms with Gasteiger partial charge in [-0.15, -0.1) is 11.3 Å². The summed E-state index contributed by atoms with van der Waals surface area (Å²) in [6, 6.07) is 1.51. The monoisotopic (exact) mass is 236 g/mol. The molecule has 2 rings (SSSR count). The minimum absolute atomic E-state index is 0.173. The Hall–Kier alpha value is -1.95. The summed E-state index contributed by atoms with van der Waals surface area (Å²) in [5.41, 5.74) is 0.974. The first-order valence-corrected chi connectivity index (χ1v) is 5.30. The van der Waals surface area contributed by atoms with Crippen LogP contribution in [0.25, 0.3) is 10.6 Å². The largest absolute Gasteiger partial charge is 0.478 e. The topological polar surface area (TPSA) is 72.2 Å². The highest BCUT2D eigenvalue weighted by molar-refractivity contribution is 7.14. The van der Waals surface area contributed by atoms with E-state index in [1.807, 2.05) is 0 Å². The van der Waals surface area contributed by atoms with E-state index in [0.29, 0.717) is 22.6 Å². The molecule has 0 radical (unpaired) electrons. The second kappa shape index (κ2) is 3.90. The number of aromatic carboxylic acids is 1. The standard InChI is InChI=1S/C10H8N2O3S/c1-12-5-11-8(7(12)4-13)9-6(10(14)15)2-3-16-9/h2-5H,1H3,(H,14,15). The van der Waals surface area contributed by atoms with Crippen molar-refractivity contribution in [2.75, 3.05) is 0 Å². The second-order valence-electron chi connectivity index (χ2n) is 3.18. The predicted octanol–water partition coefficient (Wildman–Crippen LogP) is 1.66. The molecule has 0 saturated carbocycles. The molecule has 0 atom stereocenters. The molecule has 0 bridgehead atoms. The summed E-state index contributed by atoms with van der Waals surface area (Å²) in [5, 5.41) is 10.6. The van der Waals surface area contributed by atoms with Gasteiger partial charge in [0.15, 0.2) is 6.29 Å². The average molecular weight is 236 g/mol. The van der Waals surface area contributed by atoms with Crippen LogP contribution in [0.15, 0.2) is 17.8 Å². The van der Waals surface area contributed by atoms with Crippen LogP contribution in [0.5, 0.6) is 0 Å². The van der Waals surface area contributed by atoms with Crippen LogP contribution in [0.2, 0.25) is 0 Å². The Kier molecular flexibility index (Phi) is 2.57. The van der Waals surface area contributed by atoms with Crippen LogP contribution in [-0.4, -0.2) is 26.9 Å². The van der Waals surface area contributed by atoms with Gasteiger partial charge in [0.25, 0.3) is 0 Å². The van der Waals surface area contributed by atoms with Crippen LogP contribution in [0, 0.1) is 0 Å². The first-order chi connectivity index (χ1) is 7.65. The molecule has 5 nitrogen and oxygen atoms in total. The van der Waals surface area contributed by atoms with Crippen molar-refractivity contribution in [3.63, 3.8) is 0 Å². The van der Waals surface area contributed by atoms with Gasteiger partial charge in [-0.2, -0.15) is 0 Å². The van der Waals surface area contributed by atoms with Crippen LogP contribution < -0.4 is 0 Å². The Balaban J connectivity index is 2.63. The number of carboxylic acids is 1. The Morgan fingerprint density at radius 3 is 3.00 bits per heavy atom. The zero-order valence-electron chi connectivity index (χ0n) is 8.38. The van der Waals surface area contributed by atoms with Crippen molar-refractivity contribution >= 4 is 23.6 Å². The van der Waals surface area contributed by atoms with E-state index < -0.39 is 5.97 Å². The number of aryl methyl sites for hydroxylation is 1. The molecule has 2 aromatic heterocycles. The fourth-order valence-corrected chi connectivity index (χ4v) is 2.31. The van der Waals surface area contributed by atoms with Gasteiger partial charge in [-0.25, -0.2) is 9.78 Å². The number of hydrogen-bond donors (Lipinski definition) is 1. The first-order valence-electron chi connectivity index (χ1n) is 4.42. The summed E-state index contributed by atoms with van der Waals surface area (Å²) in [7, 11) is 1.69. The van der Waals surface area contributed by atoms with Crippen LogP contribution in [0.4, 0.5) is 0 Å². The van der Waals surface area contributed by atoms with Gasteiger partial charge in [0, 0.05) is 7.05 Å². The normalized spacial score (nSPS) is 10.3. The minimum Gasteiger partial charge on any atom is -0.478 e. The Labute approximate surface area is 95.0 Å². The smallest absolute Gasteiger partial charge is 0.337 e. The third kappa shape index (κ3) is 1.53. The molecule has 0 spiro atoms. The third-order valence-corrected chi connectivity index (χ3v) is 3.13. The Morgan fingerprint density at radius 1 is 1.62 bits per heavy atom. The fraction of sp³-hybridized carbons (Fsp3) is 0.100. The molecule has 2 heterocycles. The van der Waals surface area contributed by atoms with Gasteiger partial charge in [0.1, 0.15) is 11.4 Å². The number of carbonyl (C=O) groups excluding carboxylic acids is 1. The zero-order valence-corrected chi connectivity index (χ0v) is 9.19. The summed E-state index contributed by atoms with van der Waals surface area (Å²) in [4.78, 5) is 26.4. The van der Waals surface area contributed by atoms with Gasteiger partial charge < -0.3 is 9.67 Å². The van der Waals surface area contributed by atoms with E-state index in [-0.39, 0.29) is 5.56 Å². The SMILES string of the molecule is Cn1cnc(-c2sccc2C(=O)O)c1C=O. The maximum absolute atomic E-state index is 10.9. The Bertz CT molecular complexity index is 556. The lowest BCUT2D eigenvalue weighted by Gasteiger charge is -1.98. The van der Waals surface area contributed by atoms with E-state index in [2.05, 4.69) is 4.98 Å². The number of hydrogen-bond acceptors (Lipinski definition) is 4. The lowest BCUT2D eigenvalue weighted by Crippen LogP contribution is -1.98. The maximum Gasteiger partial charge on any atom is 0.337 e.